The molecule has 0 amide bonds. The Morgan fingerprint density at radius 1 is 1.29 bits per heavy atom. The molecular weight excluding hydrogens is 226 g/mol. The molecule has 0 aromatic rings. The van der Waals surface area contributed by atoms with Gasteiger partial charge in [-0.05, 0) is 18.4 Å². The molecule has 0 bridgehead atoms. The molecule has 2 saturated heterocycles. The number of hydrogen-bond acceptors (Lipinski definition) is 5. The molecular formula is C10H17N3O4. The Hall–Kier alpha value is -0.850. The van der Waals surface area contributed by atoms with Gasteiger partial charge in [0.2, 0.25) is 0 Å². The van der Waals surface area contributed by atoms with Crippen LogP contribution in [0.15, 0.2) is 5.11 Å². The smallest absolute Gasteiger partial charge is 0.184 e. The van der Waals surface area contributed by atoms with Crippen LogP contribution in [0.1, 0.15) is 26.7 Å². The minimum absolute atomic E-state index is 0.140. The summed E-state index contributed by atoms with van der Waals surface area (Å²) in [5.74, 6) is -0.644. The number of aliphatic hydroxyl groups is 1. The lowest BCUT2D eigenvalue weighted by molar-refractivity contribution is -0.237. The molecule has 2 aliphatic heterocycles. The van der Waals surface area contributed by atoms with Crippen LogP contribution in [-0.4, -0.2) is 42.0 Å². The summed E-state index contributed by atoms with van der Waals surface area (Å²) < 4.78 is 16.9. The molecule has 0 aromatic carbocycles. The van der Waals surface area contributed by atoms with Crippen LogP contribution in [0.2, 0.25) is 0 Å². The van der Waals surface area contributed by atoms with Crippen LogP contribution in [0.25, 0.3) is 10.4 Å². The molecule has 7 nitrogen and oxygen atoms in total. The summed E-state index contributed by atoms with van der Waals surface area (Å²) in [6.45, 7) is 4.09. The SMILES string of the molecule is CCC1(CC)OC2C(O1)[C@@H](CN=[N+]=[N-])O[C@H]2O. The van der Waals surface area contributed by atoms with Gasteiger partial charge in [0.05, 0.1) is 12.6 Å². The topological polar surface area (TPSA) is 96.7 Å². The van der Waals surface area contributed by atoms with Crippen molar-refractivity contribution in [2.24, 2.45) is 5.11 Å². The van der Waals surface area contributed by atoms with E-state index in [0.29, 0.717) is 12.8 Å². The van der Waals surface area contributed by atoms with Gasteiger partial charge in [-0.25, -0.2) is 0 Å². The molecule has 7 heteroatoms. The number of azide groups is 1. The van der Waals surface area contributed by atoms with E-state index in [2.05, 4.69) is 10.0 Å². The molecule has 0 saturated carbocycles. The van der Waals surface area contributed by atoms with Crippen LogP contribution in [0, 0.1) is 0 Å². The van der Waals surface area contributed by atoms with Crippen molar-refractivity contribution in [2.75, 3.05) is 6.54 Å². The van der Waals surface area contributed by atoms with Crippen LogP contribution in [-0.2, 0) is 14.2 Å². The highest BCUT2D eigenvalue weighted by Gasteiger charge is 2.56. The lowest BCUT2D eigenvalue weighted by atomic mass is 10.1. The van der Waals surface area contributed by atoms with Gasteiger partial charge >= 0.3 is 0 Å². The molecule has 96 valence electrons. The molecule has 2 rings (SSSR count). The van der Waals surface area contributed by atoms with Crippen molar-refractivity contribution in [2.45, 2.75) is 57.1 Å². The predicted molar refractivity (Wildman–Crippen MR) is 58.0 cm³/mol. The van der Waals surface area contributed by atoms with Gasteiger partial charge < -0.3 is 19.3 Å². The van der Waals surface area contributed by atoms with E-state index in [1.165, 1.54) is 0 Å². The Kier molecular flexibility index (Phi) is 3.56. The monoisotopic (exact) mass is 243 g/mol. The van der Waals surface area contributed by atoms with Crippen LogP contribution >= 0.6 is 0 Å². The molecule has 0 radical (unpaired) electrons. The zero-order valence-corrected chi connectivity index (χ0v) is 9.94. The summed E-state index contributed by atoms with van der Waals surface area (Å²) in [5.41, 5.74) is 8.30. The Morgan fingerprint density at radius 3 is 2.53 bits per heavy atom. The van der Waals surface area contributed by atoms with E-state index in [0.717, 1.165) is 0 Å². The standard InChI is InChI=1S/C10H17N3O4/c1-3-10(4-2)16-7-6(5-12-13-11)15-9(14)8(7)17-10/h6-9,14H,3-5H2,1-2H3/t6-,7?,8?,9-/m1/s1. The Labute approximate surface area is 99.3 Å². The number of rotatable bonds is 4. The summed E-state index contributed by atoms with van der Waals surface area (Å²) >= 11 is 0. The number of ether oxygens (including phenoxy) is 3. The van der Waals surface area contributed by atoms with Crippen LogP contribution in [0.5, 0.6) is 0 Å². The number of aliphatic hydroxyl groups excluding tert-OH is 1. The number of fused-ring (bicyclic) bond motifs is 1. The normalized spacial score (nSPS) is 38.8. The van der Waals surface area contributed by atoms with Crippen LogP contribution in [0.4, 0.5) is 0 Å². The van der Waals surface area contributed by atoms with Gasteiger partial charge in [0, 0.05) is 4.91 Å². The fourth-order valence-corrected chi connectivity index (χ4v) is 2.35. The zero-order valence-electron chi connectivity index (χ0n) is 9.94. The third-order valence-corrected chi connectivity index (χ3v) is 3.39. The van der Waals surface area contributed by atoms with Gasteiger partial charge in [0.15, 0.2) is 12.1 Å². The van der Waals surface area contributed by atoms with Crippen molar-refractivity contribution < 1.29 is 19.3 Å². The third-order valence-electron chi connectivity index (χ3n) is 3.39. The molecule has 0 spiro atoms. The lowest BCUT2D eigenvalue weighted by Gasteiger charge is -2.27. The molecule has 2 fully saturated rings. The van der Waals surface area contributed by atoms with Crippen molar-refractivity contribution in [3.63, 3.8) is 0 Å². The van der Waals surface area contributed by atoms with Gasteiger partial charge in [0.25, 0.3) is 0 Å². The molecule has 17 heavy (non-hydrogen) atoms. The van der Waals surface area contributed by atoms with Crippen molar-refractivity contribution in [1.82, 2.24) is 0 Å². The first-order valence-electron chi connectivity index (χ1n) is 5.86. The van der Waals surface area contributed by atoms with Crippen molar-refractivity contribution in [3.05, 3.63) is 10.4 Å². The van der Waals surface area contributed by atoms with E-state index in [9.17, 15) is 5.11 Å². The van der Waals surface area contributed by atoms with E-state index < -0.39 is 24.3 Å². The molecule has 2 aliphatic rings. The predicted octanol–water partition coefficient (Wildman–Crippen LogP) is 1.31. The third kappa shape index (κ3) is 2.12. The Balaban J connectivity index is 2.11. The quantitative estimate of drug-likeness (QED) is 0.457. The highest BCUT2D eigenvalue weighted by Crippen LogP contribution is 2.41. The van der Waals surface area contributed by atoms with E-state index in [1.54, 1.807) is 0 Å². The van der Waals surface area contributed by atoms with E-state index in [1.807, 2.05) is 13.8 Å². The average molecular weight is 243 g/mol. The van der Waals surface area contributed by atoms with Crippen molar-refractivity contribution >= 4 is 0 Å². The van der Waals surface area contributed by atoms with Gasteiger partial charge in [0.1, 0.15) is 12.2 Å². The zero-order chi connectivity index (χ0) is 12.5. The highest BCUT2D eigenvalue weighted by atomic mass is 16.8. The van der Waals surface area contributed by atoms with E-state index in [4.69, 9.17) is 19.7 Å². The molecule has 4 atom stereocenters. The second-order valence-electron chi connectivity index (χ2n) is 4.26. The lowest BCUT2D eigenvalue weighted by Crippen LogP contribution is -2.34. The van der Waals surface area contributed by atoms with E-state index in [-0.39, 0.29) is 12.6 Å². The average Bonchev–Trinajstić information content (AvgIpc) is 2.85. The maximum atomic E-state index is 9.73. The first-order chi connectivity index (χ1) is 8.15. The fraction of sp³-hybridized carbons (Fsp3) is 1.00. The molecule has 0 aliphatic carbocycles. The minimum atomic E-state index is -1.01. The van der Waals surface area contributed by atoms with Crippen LogP contribution in [0.3, 0.4) is 0 Å². The van der Waals surface area contributed by atoms with Gasteiger partial charge in [-0.2, -0.15) is 0 Å². The molecule has 2 heterocycles. The first kappa shape index (κ1) is 12.6. The fourth-order valence-electron chi connectivity index (χ4n) is 2.35. The molecule has 1 N–H and O–H groups in total. The maximum Gasteiger partial charge on any atom is 0.184 e. The van der Waals surface area contributed by atoms with Crippen molar-refractivity contribution in [3.8, 4) is 0 Å². The summed E-state index contributed by atoms with van der Waals surface area (Å²) in [6, 6.07) is 0. The largest absolute Gasteiger partial charge is 0.366 e. The van der Waals surface area contributed by atoms with Gasteiger partial charge in [-0.3, -0.25) is 0 Å². The maximum absolute atomic E-state index is 9.73. The minimum Gasteiger partial charge on any atom is -0.366 e. The second kappa shape index (κ2) is 4.80. The Bertz CT molecular complexity index is 328. The van der Waals surface area contributed by atoms with Gasteiger partial charge in [-0.1, -0.05) is 19.0 Å². The van der Waals surface area contributed by atoms with E-state index >= 15 is 0 Å². The highest BCUT2D eigenvalue weighted by molar-refractivity contribution is 4.96. The summed E-state index contributed by atoms with van der Waals surface area (Å²) in [6.07, 6.45) is -0.900. The Morgan fingerprint density at radius 2 is 1.94 bits per heavy atom. The summed E-state index contributed by atoms with van der Waals surface area (Å²) in [7, 11) is 0. The van der Waals surface area contributed by atoms with Crippen molar-refractivity contribution in [1.29, 1.82) is 0 Å². The summed E-state index contributed by atoms with van der Waals surface area (Å²) in [5, 5.41) is 13.2. The first-order valence-corrected chi connectivity index (χ1v) is 5.86. The molecule has 0 aromatic heterocycles. The number of nitrogens with zero attached hydrogens (tertiary/aromatic N) is 3. The summed E-state index contributed by atoms with van der Waals surface area (Å²) in [4.78, 5) is 2.68. The second-order valence-corrected chi connectivity index (χ2v) is 4.26. The van der Waals surface area contributed by atoms with Crippen LogP contribution < -0.4 is 0 Å². The number of hydrogen-bond donors (Lipinski definition) is 1. The molecule has 2 unspecified atom stereocenters. The van der Waals surface area contributed by atoms with Gasteiger partial charge in [-0.15, -0.1) is 0 Å².